The van der Waals surface area contributed by atoms with Crippen LogP contribution in [0.2, 0.25) is 0 Å². The predicted molar refractivity (Wildman–Crippen MR) is 62.5 cm³/mol. The average molecular weight is 217 g/mol. The SMILES string of the molecule is CC(C)(C)[S@+]([O-])NCCCC1CCC1. The van der Waals surface area contributed by atoms with Gasteiger partial charge in [-0.25, -0.2) is 0 Å². The maximum atomic E-state index is 11.6. The molecule has 0 heterocycles. The highest BCUT2D eigenvalue weighted by molar-refractivity contribution is 7.90. The molecule has 0 amide bonds. The third kappa shape index (κ3) is 4.20. The molecule has 1 atom stereocenters. The first-order valence-corrected chi connectivity index (χ1v) is 6.80. The van der Waals surface area contributed by atoms with Gasteiger partial charge < -0.3 is 4.55 Å². The predicted octanol–water partition coefficient (Wildman–Crippen LogP) is 2.62. The molecule has 1 aliphatic carbocycles. The summed E-state index contributed by atoms with van der Waals surface area (Å²) in [6.07, 6.45) is 6.75. The Labute approximate surface area is 91.2 Å². The Morgan fingerprint density at radius 2 is 2.00 bits per heavy atom. The molecule has 1 saturated carbocycles. The molecule has 1 fully saturated rings. The van der Waals surface area contributed by atoms with Crippen LogP contribution in [-0.2, 0) is 11.4 Å². The summed E-state index contributed by atoms with van der Waals surface area (Å²) in [4.78, 5) is 0. The lowest BCUT2D eigenvalue weighted by atomic mass is 9.82. The van der Waals surface area contributed by atoms with Crippen LogP contribution < -0.4 is 4.72 Å². The molecular formula is C11H23NOS. The first-order chi connectivity index (χ1) is 6.50. The van der Waals surface area contributed by atoms with Crippen molar-refractivity contribution in [3.63, 3.8) is 0 Å². The molecule has 0 aliphatic heterocycles. The summed E-state index contributed by atoms with van der Waals surface area (Å²) < 4.78 is 14.6. The van der Waals surface area contributed by atoms with Gasteiger partial charge in [0, 0.05) is 17.9 Å². The third-order valence-electron chi connectivity index (χ3n) is 2.80. The second-order valence-electron chi connectivity index (χ2n) is 5.21. The molecular weight excluding hydrogens is 194 g/mol. The minimum atomic E-state index is -0.886. The van der Waals surface area contributed by atoms with Gasteiger partial charge in [0.25, 0.3) is 0 Å². The summed E-state index contributed by atoms with van der Waals surface area (Å²) in [6, 6.07) is 0. The second kappa shape index (κ2) is 5.38. The Hall–Kier alpha value is 0.270. The van der Waals surface area contributed by atoms with Gasteiger partial charge >= 0.3 is 0 Å². The van der Waals surface area contributed by atoms with Crippen molar-refractivity contribution < 1.29 is 4.55 Å². The fraction of sp³-hybridized carbons (Fsp3) is 1.00. The Balaban J connectivity index is 1.97. The van der Waals surface area contributed by atoms with E-state index in [0.717, 1.165) is 12.5 Å². The summed E-state index contributed by atoms with van der Waals surface area (Å²) in [7, 11) is 0. The lowest BCUT2D eigenvalue weighted by molar-refractivity contribution is 0.290. The van der Waals surface area contributed by atoms with Crippen molar-refractivity contribution >= 4 is 11.4 Å². The van der Waals surface area contributed by atoms with Crippen molar-refractivity contribution in [2.45, 2.75) is 57.6 Å². The normalized spacial score (nSPS) is 20.6. The van der Waals surface area contributed by atoms with Gasteiger partial charge in [0.2, 0.25) is 0 Å². The van der Waals surface area contributed by atoms with Crippen LogP contribution in [0.1, 0.15) is 52.9 Å². The van der Waals surface area contributed by atoms with E-state index in [1.165, 1.54) is 32.1 Å². The van der Waals surface area contributed by atoms with Crippen LogP contribution in [0.25, 0.3) is 0 Å². The molecule has 0 aromatic carbocycles. The van der Waals surface area contributed by atoms with E-state index in [-0.39, 0.29) is 4.75 Å². The van der Waals surface area contributed by atoms with E-state index < -0.39 is 11.4 Å². The molecule has 1 N–H and O–H groups in total. The fourth-order valence-electron chi connectivity index (χ4n) is 1.55. The maximum Gasteiger partial charge on any atom is 0.136 e. The molecule has 2 nitrogen and oxygen atoms in total. The maximum absolute atomic E-state index is 11.6. The van der Waals surface area contributed by atoms with Crippen LogP contribution in [0.15, 0.2) is 0 Å². The Bertz CT molecular complexity index is 163. The summed E-state index contributed by atoms with van der Waals surface area (Å²) in [5, 5.41) is 0. The number of nitrogens with one attached hydrogen (secondary N) is 1. The van der Waals surface area contributed by atoms with E-state index in [1.54, 1.807) is 0 Å². The fourth-order valence-corrected chi connectivity index (χ4v) is 2.32. The number of hydrogen-bond donors (Lipinski definition) is 1. The molecule has 84 valence electrons. The largest absolute Gasteiger partial charge is 0.598 e. The summed E-state index contributed by atoms with van der Waals surface area (Å²) in [6.45, 7) is 6.91. The van der Waals surface area contributed by atoms with Crippen molar-refractivity contribution in [2.75, 3.05) is 6.54 Å². The highest BCUT2D eigenvalue weighted by Crippen LogP contribution is 2.30. The minimum absolute atomic E-state index is 0.129. The van der Waals surface area contributed by atoms with E-state index in [4.69, 9.17) is 0 Å². The van der Waals surface area contributed by atoms with Gasteiger partial charge in [0.05, 0.1) is 0 Å². The van der Waals surface area contributed by atoms with Gasteiger partial charge in [-0.15, -0.1) is 4.72 Å². The molecule has 1 aliphatic rings. The smallest absolute Gasteiger partial charge is 0.136 e. The molecule has 0 unspecified atom stereocenters. The summed E-state index contributed by atoms with van der Waals surface area (Å²) >= 11 is -0.886. The highest BCUT2D eigenvalue weighted by Gasteiger charge is 2.25. The monoisotopic (exact) mass is 217 g/mol. The molecule has 0 aromatic heterocycles. The van der Waals surface area contributed by atoms with Gasteiger partial charge in [-0.1, -0.05) is 19.3 Å². The highest BCUT2D eigenvalue weighted by atomic mass is 32.2. The minimum Gasteiger partial charge on any atom is -0.598 e. The zero-order valence-corrected chi connectivity index (χ0v) is 10.5. The zero-order valence-electron chi connectivity index (χ0n) is 9.64. The molecule has 3 heteroatoms. The lowest BCUT2D eigenvalue weighted by Gasteiger charge is -2.26. The van der Waals surface area contributed by atoms with E-state index in [0.29, 0.717) is 0 Å². The van der Waals surface area contributed by atoms with Crippen LogP contribution >= 0.6 is 0 Å². The summed E-state index contributed by atoms with van der Waals surface area (Å²) in [5.41, 5.74) is 0. The quantitative estimate of drug-likeness (QED) is 0.567. The third-order valence-corrected chi connectivity index (χ3v) is 4.38. The van der Waals surface area contributed by atoms with E-state index in [1.807, 2.05) is 20.8 Å². The topological polar surface area (TPSA) is 35.1 Å². The Kier molecular flexibility index (Phi) is 4.74. The molecule has 0 spiro atoms. The molecule has 0 radical (unpaired) electrons. The Morgan fingerprint density at radius 1 is 1.36 bits per heavy atom. The van der Waals surface area contributed by atoms with Crippen molar-refractivity contribution in [1.82, 2.24) is 4.72 Å². The number of rotatable bonds is 5. The van der Waals surface area contributed by atoms with Gasteiger partial charge in [0.15, 0.2) is 0 Å². The average Bonchev–Trinajstić information content (AvgIpc) is 1.98. The summed E-state index contributed by atoms with van der Waals surface area (Å²) in [5.74, 6) is 0.972. The molecule has 0 aromatic rings. The molecule has 14 heavy (non-hydrogen) atoms. The standard InChI is InChI=1S/C11H23NOS/c1-11(2,3)14(13)12-9-5-8-10-6-4-7-10/h10,12H,4-9H2,1-3H3/t14-/m0/s1. The first kappa shape index (κ1) is 12.3. The van der Waals surface area contributed by atoms with Crippen molar-refractivity contribution in [3.8, 4) is 0 Å². The Morgan fingerprint density at radius 3 is 2.43 bits per heavy atom. The number of hydrogen-bond acceptors (Lipinski definition) is 2. The van der Waals surface area contributed by atoms with Crippen LogP contribution in [0.4, 0.5) is 0 Å². The van der Waals surface area contributed by atoms with Gasteiger partial charge in [-0.05, 0) is 39.5 Å². The first-order valence-electron chi connectivity index (χ1n) is 5.65. The molecule has 0 bridgehead atoms. The van der Waals surface area contributed by atoms with Gasteiger partial charge in [-0.3, -0.25) is 0 Å². The van der Waals surface area contributed by atoms with E-state index in [9.17, 15) is 4.55 Å². The van der Waals surface area contributed by atoms with Crippen LogP contribution in [0, 0.1) is 5.92 Å². The second-order valence-corrected chi connectivity index (χ2v) is 7.27. The van der Waals surface area contributed by atoms with Crippen molar-refractivity contribution in [2.24, 2.45) is 5.92 Å². The van der Waals surface area contributed by atoms with E-state index >= 15 is 0 Å². The van der Waals surface area contributed by atoms with Crippen LogP contribution in [0.5, 0.6) is 0 Å². The van der Waals surface area contributed by atoms with Gasteiger partial charge in [0.1, 0.15) is 4.75 Å². The van der Waals surface area contributed by atoms with E-state index in [2.05, 4.69) is 4.72 Å². The van der Waals surface area contributed by atoms with Crippen LogP contribution in [-0.4, -0.2) is 15.8 Å². The van der Waals surface area contributed by atoms with Crippen LogP contribution in [0.3, 0.4) is 0 Å². The van der Waals surface area contributed by atoms with Gasteiger partial charge in [-0.2, -0.15) is 0 Å². The van der Waals surface area contributed by atoms with Crippen molar-refractivity contribution in [3.05, 3.63) is 0 Å². The van der Waals surface area contributed by atoms with Crippen molar-refractivity contribution in [1.29, 1.82) is 0 Å². The molecule has 0 saturated heterocycles. The lowest BCUT2D eigenvalue weighted by Crippen LogP contribution is -2.39. The zero-order chi connectivity index (χ0) is 10.6. The molecule has 1 rings (SSSR count).